The van der Waals surface area contributed by atoms with Crippen molar-refractivity contribution in [2.45, 2.75) is 25.3 Å². The molecule has 0 heterocycles. The van der Waals surface area contributed by atoms with Crippen molar-refractivity contribution in [2.75, 3.05) is 18.9 Å². The van der Waals surface area contributed by atoms with Crippen LogP contribution in [0.4, 0.5) is 0 Å². The van der Waals surface area contributed by atoms with Crippen molar-refractivity contribution in [2.24, 2.45) is 5.92 Å². The Kier molecular flexibility index (Phi) is 6.97. The molecule has 0 fully saturated rings. The molecule has 1 atom stereocenters. The topological polar surface area (TPSA) is 32.3 Å². The number of hydrogen-bond acceptors (Lipinski definition) is 3. The number of hydrogen-bond donors (Lipinski definition) is 2. The van der Waals surface area contributed by atoms with Gasteiger partial charge in [0.15, 0.2) is 0 Å². The molecule has 0 radical (unpaired) electrons. The molecule has 17 heavy (non-hydrogen) atoms. The fourth-order valence-corrected chi connectivity index (χ4v) is 2.57. The first-order chi connectivity index (χ1) is 8.17. The first-order valence-electron chi connectivity index (χ1n) is 5.90. The number of halogens is 1. The van der Waals surface area contributed by atoms with Crippen LogP contribution < -0.4 is 5.32 Å². The quantitative estimate of drug-likeness (QED) is 0.749. The Balaban J connectivity index is 2.55. The van der Waals surface area contributed by atoms with Crippen LogP contribution in [0.5, 0.6) is 0 Å². The summed E-state index contributed by atoms with van der Waals surface area (Å²) in [6, 6.07) is 6.16. The molecule has 4 heteroatoms. The highest BCUT2D eigenvalue weighted by Gasteiger charge is 2.04. The summed E-state index contributed by atoms with van der Waals surface area (Å²) >= 11 is 7.95. The van der Waals surface area contributed by atoms with Crippen LogP contribution in [0.1, 0.15) is 19.4 Å². The maximum atomic E-state index is 8.96. The van der Waals surface area contributed by atoms with Gasteiger partial charge in [-0.15, -0.1) is 11.8 Å². The van der Waals surface area contributed by atoms with Crippen molar-refractivity contribution in [3.63, 3.8) is 0 Å². The predicted octanol–water partition coefficient (Wildman–Crippen LogP) is 3.17. The van der Waals surface area contributed by atoms with Crippen LogP contribution in [0.3, 0.4) is 0 Å². The zero-order chi connectivity index (χ0) is 12.7. The third-order valence-corrected chi connectivity index (χ3v) is 4.11. The first kappa shape index (κ1) is 14.8. The van der Waals surface area contributed by atoms with Crippen molar-refractivity contribution in [3.05, 3.63) is 28.8 Å². The van der Waals surface area contributed by atoms with E-state index in [1.165, 1.54) is 0 Å². The molecule has 2 N–H and O–H groups in total. The first-order valence-corrected chi connectivity index (χ1v) is 7.26. The van der Waals surface area contributed by atoms with E-state index in [1.807, 2.05) is 13.0 Å². The minimum absolute atomic E-state index is 0.235. The van der Waals surface area contributed by atoms with Gasteiger partial charge in [0.2, 0.25) is 0 Å². The van der Waals surface area contributed by atoms with E-state index in [-0.39, 0.29) is 6.61 Å². The van der Waals surface area contributed by atoms with Crippen LogP contribution in [-0.2, 0) is 6.54 Å². The lowest BCUT2D eigenvalue weighted by Crippen LogP contribution is -2.11. The van der Waals surface area contributed by atoms with Gasteiger partial charge >= 0.3 is 0 Å². The van der Waals surface area contributed by atoms with Gasteiger partial charge in [0.1, 0.15) is 0 Å². The van der Waals surface area contributed by atoms with Gasteiger partial charge in [-0.25, -0.2) is 0 Å². The molecule has 0 aliphatic rings. The van der Waals surface area contributed by atoms with E-state index in [1.54, 1.807) is 11.8 Å². The molecule has 0 aromatic heterocycles. The number of rotatable bonds is 7. The molecule has 1 unspecified atom stereocenters. The zero-order valence-electron chi connectivity index (χ0n) is 10.4. The van der Waals surface area contributed by atoms with Crippen LogP contribution in [0, 0.1) is 5.92 Å². The molecule has 1 rings (SSSR count). The van der Waals surface area contributed by atoms with E-state index in [0.29, 0.717) is 5.92 Å². The third-order valence-electron chi connectivity index (χ3n) is 2.44. The minimum Gasteiger partial charge on any atom is -0.396 e. The Labute approximate surface area is 113 Å². The standard InChI is InChI=1S/C13H20ClNOS/c1-3-15-7-11-4-5-12(6-13(11)14)17-9-10(2)8-16/h4-6,10,15-16H,3,7-9H2,1-2H3. The number of thioether (sulfide) groups is 1. The summed E-state index contributed by atoms with van der Waals surface area (Å²) in [6.07, 6.45) is 0. The SMILES string of the molecule is CCNCc1ccc(SCC(C)CO)cc1Cl. The van der Waals surface area contributed by atoms with Crippen LogP contribution in [0.2, 0.25) is 5.02 Å². The average Bonchev–Trinajstić information content (AvgIpc) is 2.34. The molecular formula is C13H20ClNOS. The molecule has 0 saturated carbocycles. The molecule has 96 valence electrons. The van der Waals surface area contributed by atoms with E-state index < -0.39 is 0 Å². The lowest BCUT2D eigenvalue weighted by Gasteiger charge is -2.09. The average molecular weight is 274 g/mol. The molecule has 0 saturated heterocycles. The largest absolute Gasteiger partial charge is 0.396 e. The second-order valence-corrected chi connectivity index (χ2v) is 5.63. The van der Waals surface area contributed by atoms with Gasteiger partial charge in [0.25, 0.3) is 0 Å². The van der Waals surface area contributed by atoms with Gasteiger partial charge in [0, 0.05) is 28.8 Å². The second kappa shape index (κ2) is 7.98. The molecule has 0 aliphatic carbocycles. The maximum absolute atomic E-state index is 8.96. The fraction of sp³-hybridized carbons (Fsp3) is 0.538. The Hall–Kier alpha value is -0.220. The fourth-order valence-electron chi connectivity index (χ4n) is 1.31. The van der Waals surface area contributed by atoms with Gasteiger partial charge in [-0.3, -0.25) is 0 Å². The summed E-state index contributed by atoms with van der Waals surface area (Å²) in [6.45, 7) is 6.11. The summed E-state index contributed by atoms with van der Waals surface area (Å²) in [4.78, 5) is 1.16. The summed E-state index contributed by atoms with van der Waals surface area (Å²) in [5.74, 6) is 1.24. The molecule has 1 aromatic rings. The minimum atomic E-state index is 0.235. The summed E-state index contributed by atoms with van der Waals surface area (Å²) in [5, 5.41) is 13.0. The molecule has 2 nitrogen and oxygen atoms in total. The smallest absolute Gasteiger partial charge is 0.0464 e. The lowest BCUT2D eigenvalue weighted by molar-refractivity contribution is 0.250. The Morgan fingerprint density at radius 3 is 2.82 bits per heavy atom. The van der Waals surface area contributed by atoms with Gasteiger partial charge in [-0.2, -0.15) is 0 Å². The number of nitrogens with one attached hydrogen (secondary N) is 1. The normalized spacial score (nSPS) is 12.7. The number of benzene rings is 1. The van der Waals surface area contributed by atoms with Gasteiger partial charge in [0.05, 0.1) is 0 Å². The summed E-state index contributed by atoms with van der Waals surface area (Å²) in [5.41, 5.74) is 1.13. The number of aliphatic hydroxyl groups is 1. The molecule has 0 amide bonds. The Morgan fingerprint density at radius 1 is 1.47 bits per heavy atom. The van der Waals surface area contributed by atoms with Crippen LogP contribution in [0.25, 0.3) is 0 Å². The monoisotopic (exact) mass is 273 g/mol. The van der Waals surface area contributed by atoms with E-state index in [4.69, 9.17) is 16.7 Å². The van der Waals surface area contributed by atoms with Gasteiger partial charge in [-0.05, 0) is 30.2 Å². The Bertz CT molecular complexity index is 346. The van der Waals surface area contributed by atoms with Crippen molar-refractivity contribution in [1.29, 1.82) is 0 Å². The van der Waals surface area contributed by atoms with Crippen molar-refractivity contribution in [3.8, 4) is 0 Å². The highest BCUT2D eigenvalue weighted by molar-refractivity contribution is 7.99. The number of aliphatic hydroxyl groups excluding tert-OH is 1. The van der Waals surface area contributed by atoms with Crippen molar-refractivity contribution < 1.29 is 5.11 Å². The van der Waals surface area contributed by atoms with Crippen LogP contribution in [-0.4, -0.2) is 24.0 Å². The van der Waals surface area contributed by atoms with E-state index in [0.717, 1.165) is 34.3 Å². The highest BCUT2D eigenvalue weighted by Crippen LogP contribution is 2.26. The van der Waals surface area contributed by atoms with Crippen molar-refractivity contribution >= 4 is 23.4 Å². The van der Waals surface area contributed by atoms with Gasteiger partial charge < -0.3 is 10.4 Å². The Morgan fingerprint density at radius 2 is 2.24 bits per heavy atom. The van der Waals surface area contributed by atoms with Gasteiger partial charge in [-0.1, -0.05) is 31.5 Å². The molecule has 0 bridgehead atoms. The second-order valence-electron chi connectivity index (χ2n) is 4.13. The highest BCUT2D eigenvalue weighted by atomic mass is 35.5. The lowest BCUT2D eigenvalue weighted by atomic mass is 10.2. The summed E-state index contributed by atoms with van der Waals surface area (Å²) < 4.78 is 0. The molecule has 1 aromatic carbocycles. The van der Waals surface area contributed by atoms with E-state index in [2.05, 4.69) is 24.4 Å². The third kappa shape index (κ3) is 5.30. The maximum Gasteiger partial charge on any atom is 0.0464 e. The van der Waals surface area contributed by atoms with E-state index in [9.17, 15) is 0 Å². The van der Waals surface area contributed by atoms with Crippen molar-refractivity contribution in [1.82, 2.24) is 5.32 Å². The van der Waals surface area contributed by atoms with E-state index >= 15 is 0 Å². The summed E-state index contributed by atoms with van der Waals surface area (Å²) in [7, 11) is 0. The van der Waals surface area contributed by atoms with Crippen LogP contribution in [0.15, 0.2) is 23.1 Å². The molecule has 0 spiro atoms. The zero-order valence-corrected chi connectivity index (χ0v) is 11.9. The molecule has 0 aliphatic heterocycles. The molecular weight excluding hydrogens is 254 g/mol. The van der Waals surface area contributed by atoms with Crippen LogP contribution >= 0.6 is 23.4 Å². The predicted molar refractivity (Wildman–Crippen MR) is 75.8 cm³/mol.